The smallest absolute Gasteiger partial charge is 0.224 e. The maximum atomic E-state index is 11.5. The van der Waals surface area contributed by atoms with Gasteiger partial charge in [0, 0.05) is 6.54 Å². The van der Waals surface area contributed by atoms with Gasteiger partial charge >= 0.3 is 0 Å². The van der Waals surface area contributed by atoms with Gasteiger partial charge in [0.1, 0.15) is 13.2 Å². The fraction of sp³-hybridized carbons (Fsp3) is 0.308. The molecule has 1 N–H and O–H groups in total. The van der Waals surface area contributed by atoms with Gasteiger partial charge in [0.15, 0.2) is 11.5 Å². The van der Waals surface area contributed by atoms with Gasteiger partial charge in [-0.15, -0.1) is 6.58 Å². The second-order valence-corrected chi connectivity index (χ2v) is 3.75. The molecule has 1 aliphatic heterocycles. The van der Waals surface area contributed by atoms with Crippen molar-refractivity contribution in [3.8, 4) is 11.5 Å². The van der Waals surface area contributed by atoms with Crippen molar-refractivity contribution in [2.24, 2.45) is 0 Å². The first kappa shape index (κ1) is 11.5. The van der Waals surface area contributed by atoms with Crippen LogP contribution >= 0.6 is 0 Å². The second-order valence-electron chi connectivity index (χ2n) is 3.75. The third-order valence-corrected chi connectivity index (χ3v) is 2.41. The number of amides is 1. The zero-order valence-corrected chi connectivity index (χ0v) is 9.57. The number of carbonyl (C=O) groups is 1. The molecule has 1 aromatic rings. The van der Waals surface area contributed by atoms with Crippen LogP contribution in [0.2, 0.25) is 0 Å². The minimum atomic E-state index is -0.0263. The normalized spacial score (nSPS) is 12.9. The molecule has 0 atom stereocenters. The predicted molar refractivity (Wildman–Crippen MR) is 64.3 cm³/mol. The number of fused-ring (bicyclic) bond motifs is 1. The molecule has 0 aliphatic carbocycles. The highest BCUT2D eigenvalue weighted by molar-refractivity contribution is 5.78. The number of hydrogen-bond donors (Lipinski definition) is 1. The number of benzene rings is 1. The van der Waals surface area contributed by atoms with Gasteiger partial charge in [0.05, 0.1) is 6.42 Å². The largest absolute Gasteiger partial charge is 0.486 e. The fourth-order valence-corrected chi connectivity index (χ4v) is 1.63. The van der Waals surface area contributed by atoms with Crippen molar-refractivity contribution < 1.29 is 14.3 Å². The molecule has 2 rings (SSSR count). The Morgan fingerprint density at radius 1 is 1.35 bits per heavy atom. The fourth-order valence-electron chi connectivity index (χ4n) is 1.63. The van der Waals surface area contributed by atoms with Crippen LogP contribution in [0.1, 0.15) is 5.56 Å². The molecule has 0 spiro atoms. The topological polar surface area (TPSA) is 47.6 Å². The summed E-state index contributed by atoms with van der Waals surface area (Å²) in [4.78, 5) is 11.5. The first-order valence-corrected chi connectivity index (χ1v) is 5.55. The van der Waals surface area contributed by atoms with Gasteiger partial charge < -0.3 is 14.8 Å². The van der Waals surface area contributed by atoms with E-state index >= 15 is 0 Å². The Hall–Kier alpha value is -1.97. The van der Waals surface area contributed by atoms with Gasteiger partial charge in [-0.2, -0.15) is 0 Å². The van der Waals surface area contributed by atoms with Crippen molar-refractivity contribution in [2.75, 3.05) is 19.8 Å². The molecule has 1 aliphatic rings. The highest BCUT2D eigenvalue weighted by atomic mass is 16.6. The van der Waals surface area contributed by atoms with E-state index in [1.165, 1.54) is 0 Å². The van der Waals surface area contributed by atoms with Crippen LogP contribution < -0.4 is 14.8 Å². The number of carbonyl (C=O) groups excluding carboxylic acids is 1. The Balaban J connectivity index is 2.01. The average Bonchev–Trinajstić information content (AvgIpc) is 2.36. The summed E-state index contributed by atoms with van der Waals surface area (Å²) >= 11 is 0. The van der Waals surface area contributed by atoms with E-state index in [-0.39, 0.29) is 5.91 Å². The molecule has 0 aromatic heterocycles. The van der Waals surface area contributed by atoms with Crippen LogP contribution in [0.3, 0.4) is 0 Å². The van der Waals surface area contributed by atoms with Crippen LogP contribution in [0, 0.1) is 0 Å². The summed E-state index contributed by atoms with van der Waals surface area (Å²) < 4.78 is 10.9. The molecule has 0 saturated carbocycles. The Bertz CT molecular complexity index is 429. The van der Waals surface area contributed by atoms with Crippen molar-refractivity contribution in [1.82, 2.24) is 5.32 Å². The summed E-state index contributed by atoms with van der Waals surface area (Å²) in [6.45, 7) is 5.17. The summed E-state index contributed by atoms with van der Waals surface area (Å²) in [7, 11) is 0. The van der Waals surface area contributed by atoms with E-state index in [4.69, 9.17) is 9.47 Å². The van der Waals surface area contributed by atoms with Gasteiger partial charge in [-0.25, -0.2) is 0 Å². The lowest BCUT2D eigenvalue weighted by Crippen LogP contribution is -2.25. The van der Waals surface area contributed by atoms with Gasteiger partial charge in [0.2, 0.25) is 5.91 Å². The van der Waals surface area contributed by atoms with Crippen molar-refractivity contribution >= 4 is 5.91 Å². The highest BCUT2D eigenvalue weighted by Crippen LogP contribution is 2.30. The zero-order chi connectivity index (χ0) is 12.1. The van der Waals surface area contributed by atoms with E-state index in [2.05, 4.69) is 11.9 Å². The minimum Gasteiger partial charge on any atom is -0.486 e. The summed E-state index contributed by atoms with van der Waals surface area (Å²) in [5.41, 5.74) is 0.913. The van der Waals surface area contributed by atoms with Crippen LogP contribution in [0.5, 0.6) is 11.5 Å². The maximum Gasteiger partial charge on any atom is 0.224 e. The molecule has 0 fully saturated rings. The van der Waals surface area contributed by atoms with Gasteiger partial charge in [-0.1, -0.05) is 12.1 Å². The summed E-state index contributed by atoms with van der Waals surface area (Å²) in [6.07, 6.45) is 1.99. The van der Waals surface area contributed by atoms with E-state index in [1.54, 1.807) is 6.08 Å². The summed E-state index contributed by atoms with van der Waals surface area (Å²) in [5.74, 6) is 1.43. The second kappa shape index (κ2) is 5.39. The minimum absolute atomic E-state index is 0.0263. The van der Waals surface area contributed by atoms with Crippen molar-refractivity contribution in [3.63, 3.8) is 0 Å². The van der Waals surface area contributed by atoms with Crippen molar-refractivity contribution in [1.29, 1.82) is 0 Å². The molecule has 17 heavy (non-hydrogen) atoms. The molecule has 0 unspecified atom stereocenters. The molecular weight excluding hydrogens is 218 g/mol. The van der Waals surface area contributed by atoms with E-state index in [9.17, 15) is 4.79 Å². The third-order valence-electron chi connectivity index (χ3n) is 2.41. The average molecular weight is 233 g/mol. The Morgan fingerprint density at radius 2 is 2.12 bits per heavy atom. The third kappa shape index (κ3) is 3.00. The summed E-state index contributed by atoms with van der Waals surface area (Å²) in [5, 5.41) is 2.73. The highest BCUT2D eigenvalue weighted by Gasteiger charge is 2.12. The molecule has 4 heteroatoms. The number of ether oxygens (including phenoxy) is 2. The first-order chi connectivity index (χ1) is 8.29. The van der Waals surface area contributed by atoms with Crippen LogP contribution in [0.25, 0.3) is 0 Å². The molecule has 1 heterocycles. The molecule has 90 valence electrons. The van der Waals surface area contributed by atoms with Gasteiger partial charge in [-0.05, 0) is 17.7 Å². The van der Waals surface area contributed by atoms with Crippen molar-refractivity contribution in [3.05, 3.63) is 36.4 Å². The van der Waals surface area contributed by atoms with Gasteiger partial charge in [0.25, 0.3) is 0 Å². The zero-order valence-electron chi connectivity index (χ0n) is 9.57. The maximum absolute atomic E-state index is 11.5. The van der Waals surface area contributed by atoms with E-state index < -0.39 is 0 Å². The number of nitrogens with one attached hydrogen (secondary N) is 1. The predicted octanol–water partition coefficient (Wildman–Crippen LogP) is 1.30. The van der Waals surface area contributed by atoms with Gasteiger partial charge in [-0.3, -0.25) is 4.79 Å². The van der Waals surface area contributed by atoms with E-state index in [0.717, 1.165) is 11.3 Å². The molecule has 1 aromatic carbocycles. The molecule has 0 radical (unpaired) electrons. The van der Waals surface area contributed by atoms with Crippen LogP contribution in [0.15, 0.2) is 30.9 Å². The monoisotopic (exact) mass is 233 g/mol. The lowest BCUT2D eigenvalue weighted by atomic mass is 10.1. The molecule has 0 saturated heterocycles. The Labute approximate surface area is 100 Å². The van der Waals surface area contributed by atoms with Crippen molar-refractivity contribution in [2.45, 2.75) is 6.42 Å². The Kier molecular flexibility index (Phi) is 3.65. The molecule has 1 amide bonds. The number of hydrogen-bond acceptors (Lipinski definition) is 3. The first-order valence-electron chi connectivity index (χ1n) is 5.55. The van der Waals surface area contributed by atoms with Crippen LogP contribution in [0.4, 0.5) is 0 Å². The van der Waals surface area contributed by atoms with E-state index in [0.29, 0.717) is 31.9 Å². The van der Waals surface area contributed by atoms with Crippen LogP contribution in [-0.4, -0.2) is 25.7 Å². The standard InChI is InChI=1S/C13H15NO3/c1-2-5-14-13(15)9-10-3-4-11-12(8-10)17-7-6-16-11/h2-4,8H,1,5-7,9H2,(H,14,15). The number of rotatable bonds is 4. The molecule has 4 nitrogen and oxygen atoms in total. The molecule has 0 bridgehead atoms. The summed E-state index contributed by atoms with van der Waals surface area (Å²) in [6, 6.07) is 5.56. The van der Waals surface area contributed by atoms with E-state index in [1.807, 2.05) is 18.2 Å². The molecular formula is C13H15NO3. The lowest BCUT2D eigenvalue weighted by Gasteiger charge is -2.18. The SMILES string of the molecule is C=CCNC(=O)Cc1ccc2c(c1)OCCO2. The Morgan fingerprint density at radius 3 is 2.88 bits per heavy atom. The van der Waals surface area contributed by atoms with Crippen LogP contribution in [-0.2, 0) is 11.2 Å². The lowest BCUT2D eigenvalue weighted by molar-refractivity contribution is -0.120. The quantitative estimate of drug-likeness (QED) is 0.797.